The van der Waals surface area contributed by atoms with E-state index >= 15 is 0 Å². The van der Waals surface area contributed by atoms with E-state index in [1.54, 1.807) is 36.4 Å². The Labute approximate surface area is 182 Å². The van der Waals surface area contributed by atoms with E-state index in [1.165, 1.54) is 6.92 Å². The number of carbonyl (C=O) groups excluding carboxylic acids is 2. The molecule has 0 aliphatic heterocycles. The van der Waals surface area contributed by atoms with Gasteiger partial charge in [-0.15, -0.1) is 0 Å². The van der Waals surface area contributed by atoms with Crippen LogP contribution in [-0.4, -0.2) is 30.4 Å². The molecule has 7 heteroatoms. The molecule has 0 bridgehead atoms. The average molecular weight is 437 g/mol. The summed E-state index contributed by atoms with van der Waals surface area (Å²) in [5.74, 6) is -0.913. The minimum absolute atomic E-state index is 0.0667. The smallest absolute Gasteiger partial charge is 0.265 e. The van der Waals surface area contributed by atoms with Crippen LogP contribution in [0, 0.1) is 6.92 Å². The fourth-order valence-corrected chi connectivity index (χ4v) is 3.58. The summed E-state index contributed by atoms with van der Waals surface area (Å²) in [6.07, 6.45) is 5.39. The Kier molecular flexibility index (Phi) is 6.87. The minimum atomic E-state index is -3.65. The van der Waals surface area contributed by atoms with Gasteiger partial charge in [0.2, 0.25) is 15.8 Å². The molecule has 0 aliphatic rings. The van der Waals surface area contributed by atoms with Gasteiger partial charge in [-0.2, -0.15) is 0 Å². The van der Waals surface area contributed by atoms with Crippen LogP contribution in [0.5, 0.6) is 0 Å². The Bertz CT molecular complexity index is 1220. The highest BCUT2D eigenvalue weighted by molar-refractivity contribution is 7.90. The maximum Gasteiger partial charge on any atom is 0.265 e. The van der Waals surface area contributed by atoms with E-state index in [-0.39, 0.29) is 17.1 Å². The lowest BCUT2D eigenvalue weighted by Gasteiger charge is -2.08. The topological polar surface area (TPSA) is 85.2 Å². The molecular formula is C24H24N2O4S. The molecule has 0 atom stereocenters. The van der Waals surface area contributed by atoms with Crippen molar-refractivity contribution in [3.8, 4) is 0 Å². The molecule has 1 amide bonds. The quantitative estimate of drug-likeness (QED) is 0.544. The first-order valence-electron chi connectivity index (χ1n) is 9.87. The maximum atomic E-state index is 12.8. The van der Waals surface area contributed by atoms with Crippen molar-refractivity contribution in [2.75, 3.05) is 5.75 Å². The standard InChI is InChI=1S/C24H24N2O4S/c1-3-31(29,30)25-24(28)21-10-5-4-8-19(21)9-6-16-26-17-7-11-22(26)23(27)20-14-12-18(2)13-15-20/h4-15,17H,3,16H2,1-2H3,(H,25,28)/b9-6+. The van der Waals surface area contributed by atoms with E-state index in [4.69, 9.17) is 0 Å². The number of amides is 1. The third-order valence-electron chi connectivity index (χ3n) is 4.81. The van der Waals surface area contributed by atoms with Gasteiger partial charge in [-0.05, 0) is 37.6 Å². The first-order valence-corrected chi connectivity index (χ1v) is 11.5. The lowest BCUT2D eigenvalue weighted by molar-refractivity contribution is 0.0980. The van der Waals surface area contributed by atoms with Crippen LogP contribution in [0.3, 0.4) is 0 Å². The number of nitrogens with zero attached hydrogens (tertiary/aromatic N) is 1. The number of sulfonamides is 1. The number of rotatable bonds is 8. The Balaban J connectivity index is 1.77. The fraction of sp³-hybridized carbons (Fsp3) is 0.167. The first-order chi connectivity index (χ1) is 14.8. The van der Waals surface area contributed by atoms with E-state index in [9.17, 15) is 18.0 Å². The molecule has 3 rings (SSSR count). The SMILES string of the molecule is CCS(=O)(=O)NC(=O)c1ccccc1/C=C/Cn1cccc1C(=O)c1ccc(C)cc1. The molecule has 2 aromatic carbocycles. The third kappa shape index (κ3) is 5.58. The zero-order valence-electron chi connectivity index (χ0n) is 17.4. The summed E-state index contributed by atoms with van der Waals surface area (Å²) < 4.78 is 27.3. The van der Waals surface area contributed by atoms with Crippen molar-refractivity contribution in [3.63, 3.8) is 0 Å². The summed E-state index contributed by atoms with van der Waals surface area (Å²) in [6.45, 7) is 3.86. The number of hydrogen-bond donors (Lipinski definition) is 1. The van der Waals surface area contributed by atoms with Crippen molar-refractivity contribution in [1.29, 1.82) is 0 Å². The second-order valence-electron chi connectivity index (χ2n) is 7.07. The van der Waals surface area contributed by atoms with E-state index in [0.717, 1.165) is 5.56 Å². The molecule has 160 valence electrons. The van der Waals surface area contributed by atoms with Gasteiger partial charge >= 0.3 is 0 Å². The van der Waals surface area contributed by atoms with Gasteiger partial charge in [-0.1, -0.05) is 60.2 Å². The van der Waals surface area contributed by atoms with Crippen LogP contribution in [0.25, 0.3) is 6.08 Å². The van der Waals surface area contributed by atoms with Gasteiger partial charge in [0.05, 0.1) is 11.4 Å². The monoisotopic (exact) mass is 436 g/mol. The lowest BCUT2D eigenvalue weighted by atomic mass is 10.1. The summed E-state index contributed by atoms with van der Waals surface area (Å²) in [5, 5.41) is 0. The van der Waals surface area contributed by atoms with Crippen molar-refractivity contribution in [2.45, 2.75) is 20.4 Å². The molecule has 0 aliphatic carbocycles. The summed E-state index contributed by atoms with van der Waals surface area (Å²) in [7, 11) is -3.65. The minimum Gasteiger partial charge on any atom is -0.341 e. The van der Waals surface area contributed by atoms with Crippen molar-refractivity contribution in [2.24, 2.45) is 0 Å². The van der Waals surface area contributed by atoms with Gasteiger partial charge in [-0.3, -0.25) is 9.59 Å². The number of allylic oxidation sites excluding steroid dienone is 1. The zero-order valence-corrected chi connectivity index (χ0v) is 18.2. The van der Waals surface area contributed by atoms with Gasteiger partial charge in [0.15, 0.2) is 0 Å². The molecule has 1 aromatic heterocycles. The number of nitrogens with one attached hydrogen (secondary N) is 1. The van der Waals surface area contributed by atoms with E-state index in [1.807, 2.05) is 54.1 Å². The van der Waals surface area contributed by atoms with E-state index in [0.29, 0.717) is 23.4 Å². The Hall–Kier alpha value is -3.45. The van der Waals surface area contributed by atoms with Crippen molar-refractivity contribution in [1.82, 2.24) is 9.29 Å². The lowest BCUT2D eigenvalue weighted by Crippen LogP contribution is -2.32. The first kappa shape index (κ1) is 22.2. The molecule has 0 unspecified atom stereocenters. The number of aryl methyl sites for hydroxylation is 1. The molecule has 1 heterocycles. The Morgan fingerprint density at radius 3 is 2.42 bits per heavy atom. The van der Waals surface area contributed by atoms with Crippen LogP contribution >= 0.6 is 0 Å². The molecule has 1 N–H and O–H groups in total. The number of aromatic nitrogens is 1. The predicted octanol–water partition coefficient (Wildman–Crippen LogP) is 3.82. The van der Waals surface area contributed by atoms with E-state index < -0.39 is 15.9 Å². The molecule has 3 aromatic rings. The highest BCUT2D eigenvalue weighted by atomic mass is 32.2. The highest BCUT2D eigenvalue weighted by Gasteiger charge is 2.16. The van der Waals surface area contributed by atoms with Crippen LogP contribution in [0.2, 0.25) is 0 Å². The normalized spacial score (nSPS) is 11.5. The highest BCUT2D eigenvalue weighted by Crippen LogP contribution is 2.14. The fourth-order valence-electron chi connectivity index (χ4n) is 3.04. The zero-order chi connectivity index (χ0) is 22.4. The number of carbonyl (C=O) groups is 2. The molecule has 6 nitrogen and oxygen atoms in total. The summed E-state index contributed by atoms with van der Waals surface area (Å²) in [6, 6.07) is 17.8. The van der Waals surface area contributed by atoms with Gasteiger partial charge < -0.3 is 4.57 Å². The predicted molar refractivity (Wildman–Crippen MR) is 121 cm³/mol. The van der Waals surface area contributed by atoms with E-state index in [2.05, 4.69) is 4.72 Å². The van der Waals surface area contributed by atoms with Crippen LogP contribution in [0.4, 0.5) is 0 Å². The van der Waals surface area contributed by atoms with Gasteiger partial charge in [-0.25, -0.2) is 13.1 Å². The van der Waals surface area contributed by atoms with Crippen molar-refractivity contribution in [3.05, 3.63) is 101 Å². The van der Waals surface area contributed by atoms with Crippen LogP contribution in [0.15, 0.2) is 72.9 Å². The maximum absolute atomic E-state index is 12.8. The van der Waals surface area contributed by atoms with Crippen LogP contribution < -0.4 is 4.72 Å². The number of benzene rings is 2. The molecular weight excluding hydrogens is 412 g/mol. The second-order valence-corrected chi connectivity index (χ2v) is 9.08. The Morgan fingerprint density at radius 2 is 1.71 bits per heavy atom. The molecule has 0 spiro atoms. The van der Waals surface area contributed by atoms with Crippen molar-refractivity contribution >= 4 is 27.8 Å². The Morgan fingerprint density at radius 1 is 1.00 bits per heavy atom. The molecule has 0 radical (unpaired) electrons. The molecule has 0 saturated heterocycles. The van der Waals surface area contributed by atoms with Crippen LogP contribution in [0.1, 0.15) is 44.5 Å². The summed E-state index contributed by atoms with van der Waals surface area (Å²) in [5.41, 5.74) is 3.12. The van der Waals surface area contributed by atoms with Crippen LogP contribution in [-0.2, 0) is 16.6 Å². The molecule has 31 heavy (non-hydrogen) atoms. The summed E-state index contributed by atoms with van der Waals surface area (Å²) >= 11 is 0. The number of ketones is 1. The number of hydrogen-bond acceptors (Lipinski definition) is 4. The van der Waals surface area contributed by atoms with Crippen molar-refractivity contribution < 1.29 is 18.0 Å². The third-order valence-corrected chi connectivity index (χ3v) is 6.07. The summed E-state index contributed by atoms with van der Waals surface area (Å²) in [4.78, 5) is 25.2. The van der Waals surface area contributed by atoms with Gasteiger partial charge in [0, 0.05) is 23.9 Å². The van der Waals surface area contributed by atoms with Gasteiger partial charge in [0.1, 0.15) is 0 Å². The molecule has 0 fully saturated rings. The largest absolute Gasteiger partial charge is 0.341 e. The van der Waals surface area contributed by atoms with Gasteiger partial charge in [0.25, 0.3) is 5.91 Å². The molecule has 0 saturated carbocycles. The average Bonchev–Trinajstić information content (AvgIpc) is 3.22. The second kappa shape index (κ2) is 9.57.